The van der Waals surface area contributed by atoms with Gasteiger partial charge in [0.05, 0.1) is 17.9 Å². The van der Waals surface area contributed by atoms with Gasteiger partial charge in [-0.25, -0.2) is 4.79 Å². The summed E-state index contributed by atoms with van der Waals surface area (Å²) in [5.74, 6) is -0.352. The normalized spacial score (nSPS) is 10.0. The first kappa shape index (κ1) is 15.6. The number of urea groups is 1. The van der Waals surface area contributed by atoms with E-state index in [9.17, 15) is 9.59 Å². The third kappa shape index (κ3) is 4.14. The standard InChI is InChI=1S/C16H13N5O2S/c22-15(14-10-17-24-21-14)18-12-7-4-8-13(9-12)20-16(23)19-11-5-2-1-3-6-11/h1-10H,(H,18,22)(H2,19,20,23). The van der Waals surface area contributed by atoms with E-state index in [-0.39, 0.29) is 17.6 Å². The third-order valence-corrected chi connectivity index (χ3v) is 3.48. The Morgan fingerprint density at radius 3 is 2.21 bits per heavy atom. The van der Waals surface area contributed by atoms with Crippen molar-refractivity contribution < 1.29 is 9.59 Å². The number of anilines is 3. The molecule has 2 aromatic carbocycles. The van der Waals surface area contributed by atoms with Crippen molar-refractivity contribution >= 4 is 40.7 Å². The van der Waals surface area contributed by atoms with E-state index in [4.69, 9.17) is 0 Å². The number of carbonyl (C=O) groups is 2. The number of nitrogens with one attached hydrogen (secondary N) is 3. The Kier molecular flexibility index (Phi) is 4.78. The molecule has 8 heteroatoms. The largest absolute Gasteiger partial charge is 0.323 e. The molecule has 0 aliphatic carbocycles. The van der Waals surface area contributed by atoms with Crippen molar-refractivity contribution in [1.29, 1.82) is 0 Å². The summed E-state index contributed by atoms with van der Waals surface area (Å²) in [5, 5.41) is 8.13. The molecular weight excluding hydrogens is 326 g/mol. The zero-order chi connectivity index (χ0) is 16.8. The molecule has 0 saturated heterocycles. The predicted molar refractivity (Wildman–Crippen MR) is 93.4 cm³/mol. The Morgan fingerprint density at radius 2 is 1.50 bits per heavy atom. The zero-order valence-corrected chi connectivity index (χ0v) is 13.2. The van der Waals surface area contributed by atoms with E-state index in [0.717, 1.165) is 11.7 Å². The highest BCUT2D eigenvalue weighted by Crippen LogP contribution is 2.16. The van der Waals surface area contributed by atoms with Crippen molar-refractivity contribution in [3.05, 3.63) is 66.5 Å². The number of aromatic nitrogens is 2. The van der Waals surface area contributed by atoms with Crippen LogP contribution in [0.15, 0.2) is 60.8 Å². The lowest BCUT2D eigenvalue weighted by Gasteiger charge is -2.09. The molecule has 1 heterocycles. The molecule has 3 rings (SSSR count). The van der Waals surface area contributed by atoms with Crippen molar-refractivity contribution in [3.8, 4) is 0 Å². The molecule has 0 radical (unpaired) electrons. The zero-order valence-electron chi connectivity index (χ0n) is 12.4. The summed E-state index contributed by atoms with van der Waals surface area (Å²) in [5.41, 5.74) is 2.04. The minimum atomic E-state index is -0.367. The second kappa shape index (κ2) is 7.34. The molecule has 3 aromatic rings. The van der Waals surface area contributed by atoms with Crippen molar-refractivity contribution in [2.45, 2.75) is 0 Å². The smallest absolute Gasteiger partial charge is 0.320 e. The lowest BCUT2D eigenvalue weighted by Crippen LogP contribution is -2.19. The monoisotopic (exact) mass is 339 g/mol. The van der Waals surface area contributed by atoms with Crippen molar-refractivity contribution in [3.63, 3.8) is 0 Å². The minimum absolute atomic E-state index is 0.250. The number of amides is 3. The highest BCUT2D eigenvalue weighted by molar-refractivity contribution is 6.99. The van der Waals surface area contributed by atoms with E-state index in [1.165, 1.54) is 6.20 Å². The molecule has 3 N–H and O–H groups in total. The van der Waals surface area contributed by atoms with Gasteiger partial charge in [0.1, 0.15) is 0 Å². The third-order valence-electron chi connectivity index (χ3n) is 3.00. The van der Waals surface area contributed by atoms with Gasteiger partial charge in [-0.2, -0.15) is 8.75 Å². The SMILES string of the molecule is O=C(Nc1ccccc1)Nc1cccc(NC(=O)c2cnsn2)c1. The van der Waals surface area contributed by atoms with Gasteiger partial charge in [-0.15, -0.1) is 0 Å². The van der Waals surface area contributed by atoms with Crippen LogP contribution in [0.5, 0.6) is 0 Å². The highest BCUT2D eigenvalue weighted by Gasteiger charge is 2.09. The molecule has 24 heavy (non-hydrogen) atoms. The summed E-state index contributed by atoms with van der Waals surface area (Å²) in [6.45, 7) is 0. The van der Waals surface area contributed by atoms with Crippen LogP contribution >= 0.6 is 11.7 Å². The molecule has 0 spiro atoms. The lowest BCUT2D eigenvalue weighted by molar-refractivity contribution is 0.102. The molecule has 0 aliphatic rings. The summed E-state index contributed by atoms with van der Waals surface area (Å²) in [6, 6.07) is 15.6. The summed E-state index contributed by atoms with van der Waals surface area (Å²) in [7, 11) is 0. The van der Waals surface area contributed by atoms with E-state index >= 15 is 0 Å². The minimum Gasteiger partial charge on any atom is -0.320 e. The molecule has 1 aromatic heterocycles. The number of hydrogen-bond acceptors (Lipinski definition) is 5. The molecule has 120 valence electrons. The average Bonchev–Trinajstić information content (AvgIpc) is 3.10. The second-order valence-electron chi connectivity index (χ2n) is 4.77. The Labute approximate surface area is 142 Å². The van der Waals surface area contributed by atoms with E-state index in [2.05, 4.69) is 24.7 Å². The van der Waals surface area contributed by atoms with Crippen LogP contribution in [-0.2, 0) is 0 Å². The van der Waals surface area contributed by atoms with Crippen molar-refractivity contribution in [1.82, 2.24) is 8.75 Å². The Morgan fingerprint density at radius 1 is 0.833 bits per heavy atom. The number of rotatable bonds is 4. The van der Waals surface area contributed by atoms with Crippen LogP contribution in [0.2, 0.25) is 0 Å². The fraction of sp³-hybridized carbons (Fsp3) is 0. The molecule has 3 amide bonds. The predicted octanol–water partition coefficient (Wildman–Crippen LogP) is 3.43. The lowest BCUT2D eigenvalue weighted by atomic mass is 10.2. The van der Waals surface area contributed by atoms with Crippen LogP contribution in [0.4, 0.5) is 21.9 Å². The number of nitrogens with zero attached hydrogens (tertiary/aromatic N) is 2. The molecule has 0 fully saturated rings. The maximum absolute atomic E-state index is 12.0. The van der Waals surface area contributed by atoms with Gasteiger partial charge in [-0.1, -0.05) is 24.3 Å². The number of hydrogen-bond donors (Lipinski definition) is 3. The average molecular weight is 339 g/mol. The van der Waals surface area contributed by atoms with E-state index in [1.807, 2.05) is 18.2 Å². The van der Waals surface area contributed by atoms with Gasteiger partial charge in [-0.05, 0) is 30.3 Å². The van der Waals surface area contributed by atoms with Crippen LogP contribution in [0.3, 0.4) is 0 Å². The first-order valence-corrected chi connectivity index (χ1v) is 7.76. The highest BCUT2D eigenvalue weighted by atomic mass is 32.1. The van der Waals surface area contributed by atoms with Crippen LogP contribution in [0.1, 0.15) is 10.5 Å². The Hall–Kier alpha value is -3.26. The van der Waals surface area contributed by atoms with Crippen LogP contribution in [0, 0.1) is 0 Å². The first-order valence-electron chi connectivity index (χ1n) is 7.03. The molecule has 0 unspecified atom stereocenters. The van der Waals surface area contributed by atoms with Gasteiger partial charge < -0.3 is 16.0 Å². The summed E-state index contributed by atoms with van der Waals surface area (Å²) < 4.78 is 7.65. The van der Waals surface area contributed by atoms with Crippen LogP contribution in [-0.4, -0.2) is 20.7 Å². The Bertz CT molecular complexity index is 837. The molecule has 0 aliphatic heterocycles. The van der Waals surface area contributed by atoms with Crippen molar-refractivity contribution in [2.24, 2.45) is 0 Å². The maximum atomic E-state index is 12.0. The number of para-hydroxylation sites is 1. The van der Waals surface area contributed by atoms with E-state index in [1.54, 1.807) is 36.4 Å². The summed E-state index contributed by atoms with van der Waals surface area (Å²) >= 11 is 0.965. The Balaban J connectivity index is 1.62. The van der Waals surface area contributed by atoms with Gasteiger partial charge in [-0.3, -0.25) is 4.79 Å². The van der Waals surface area contributed by atoms with Crippen LogP contribution in [0.25, 0.3) is 0 Å². The molecule has 0 atom stereocenters. The van der Waals surface area contributed by atoms with Gasteiger partial charge in [0.25, 0.3) is 5.91 Å². The topological polar surface area (TPSA) is 96.0 Å². The van der Waals surface area contributed by atoms with Gasteiger partial charge in [0.15, 0.2) is 5.69 Å². The van der Waals surface area contributed by atoms with Crippen molar-refractivity contribution in [2.75, 3.05) is 16.0 Å². The fourth-order valence-corrected chi connectivity index (χ4v) is 2.36. The molecule has 7 nitrogen and oxygen atoms in total. The van der Waals surface area contributed by atoms with Gasteiger partial charge in [0, 0.05) is 17.1 Å². The van der Waals surface area contributed by atoms with Gasteiger partial charge >= 0.3 is 6.03 Å². The van der Waals surface area contributed by atoms with E-state index < -0.39 is 0 Å². The maximum Gasteiger partial charge on any atom is 0.323 e. The summed E-state index contributed by atoms with van der Waals surface area (Å²) in [6.07, 6.45) is 1.40. The van der Waals surface area contributed by atoms with Crippen LogP contribution < -0.4 is 16.0 Å². The number of carbonyl (C=O) groups excluding carboxylic acids is 2. The van der Waals surface area contributed by atoms with E-state index in [0.29, 0.717) is 17.1 Å². The molecule has 0 bridgehead atoms. The second-order valence-corrected chi connectivity index (χ2v) is 5.33. The molecular formula is C16H13N5O2S. The molecule has 0 saturated carbocycles. The van der Waals surface area contributed by atoms with Gasteiger partial charge in [0.2, 0.25) is 0 Å². The number of benzene rings is 2. The first-order chi connectivity index (χ1) is 11.7. The quantitative estimate of drug-likeness (QED) is 0.678. The summed E-state index contributed by atoms with van der Waals surface area (Å²) in [4.78, 5) is 23.9. The fourth-order valence-electron chi connectivity index (χ4n) is 1.95.